The molecule has 7 heteroatoms. The van der Waals surface area contributed by atoms with E-state index in [9.17, 15) is 24.8 Å². The minimum absolute atomic E-state index is 0.0640. The Balaban J connectivity index is 1.70. The van der Waals surface area contributed by atoms with E-state index in [0.717, 1.165) is 19.3 Å². The number of hydrogen-bond donors (Lipinski definition) is 1. The number of carboxylic acid groups (broad SMARTS) is 1. The summed E-state index contributed by atoms with van der Waals surface area (Å²) >= 11 is 0. The second-order valence-corrected chi connectivity index (χ2v) is 17.5. The first kappa shape index (κ1) is 50.2. The highest BCUT2D eigenvalue weighted by Gasteiger charge is 2.34. The molecule has 0 saturated carbocycles. The van der Waals surface area contributed by atoms with Gasteiger partial charge in [0.05, 0.1) is 18.4 Å². The summed E-state index contributed by atoms with van der Waals surface area (Å²) in [5, 5.41) is 19.9. The average Bonchev–Trinajstić information content (AvgIpc) is 3.22. The smallest absolute Gasteiger partial charge is 0.349 e. The molecule has 2 aromatic rings. The highest BCUT2D eigenvalue weighted by atomic mass is 16.5. The molecule has 3 unspecified atom stereocenters. The fourth-order valence-corrected chi connectivity index (χ4v) is 7.59. The number of carbonyl (C=O) groups is 3. The molecule has 1 N–H and O–H groups in total. The predicted octanol–water partition coefficient (Wildman–Crippen LogP) is 13.7. The number of nitriles is 1. The van der Waals surface area contributed by atoms with Crippen molar-refractivity contribution in [2.24, 2.45) is 23.2 Å². The fourth-order valence-electron chi connectivity index (χ4n) is 7.59. The van der Waals surface area contributed by atoms with E-state index in [1.165, 1.54) is 116 Å². The predicted molar refractivity (Wildman–Crippen MR) is 237 cm³/mol. The molecule has 322 valence electrons. The van der Waals surface area contributed by atoms with Gasteiger partial charge in [0.2, 0.25) is 0 Å². The van der Waals surface area contributed by atoms with Crippen LogP contribution in [0.3, 0.4) is 0 Å². The van der Waals surface area contributed by atoms with Crippen LogP contribution in [-0.2, 0) is 23.9 Å². The second-order valence-electron chi connectivity index (χ2n) is 17.5. The summed E-state index contributed by atoms with van der Waals surface area (Å²) in [7, 11) is 0. The molecule has 2 rings (SSSR count). The molecule has 0 aromatic heterocycles. The molecule has 0 heterocycles. The Labute approximate surface area is 352 Å². The van der Waals surface area contributed by atoms with E-state index in [-0.39, 0.29) is 24.7 Å². The van der Waals surface area contributed by atoms with Crippen LogP contribution in [-0.4, -0.2) is 36.2 Å². The van der Waals surface area contributed by atoms with E-state index in [2.05, 4.69) is 19.9 Å². The number of carbonyl (C=O) groups excluding carboxylic acids is 2. The molecule has 0 aliphatic heterocycles. The zero-order valence-corrected chi connectivity index (χ0v) is 36.9. The number of nitrogens with zero attached hydrogens (tertiary/aromatic N) is 1. The molecule has 0 amide bonds. The van der Waals surface area contributed by atoms with Crippen LogP contribution in [0, 0.1) is 34.5 Å². The van der Waals surface area contributed by atoms with Crippen molar-refractivity contribution in [1.29, 1.82) is 5.26 Å². The Morgan fingerprint density at radius 1 is 0.638 bits per heavy atom. The van der Waals surface area contributed by atoms with Crippen LogP contribution >= 0.6 is 0 Å². The normalized spacial score (nSPS) is 12.9. The maximum atomic E-state index is 13.4. The Hall–Kier alpha value is -3.92. The molecular weight excluding hydrogens is 723 g/mol. The molecule has 3 atom stereocenters. The van der Waals surface area contributed by atoms with Crippen LogP contribution in [0.2, 0.25) is 0 Å². The standard InChI is InChI=1S/C51H77NO6/c1-6-7-8-9-10-11-12-13-14-15-16-17-18-19-20-21-22-23-24-27-32-41(2)37-45(42(3)48(53)54)49(55)57-39-51(4,5)40-58-50(56)46(38-52)47(43-33-28-25-29-34-43)44-35-30-26-31-36-44/h25-26,28-31,33-36,41-42,45H,6-24,27,32,37,39-40H2,1-5H3,(H,53,54). The summed E-state index contributed by atoms with van der Waals surface area (Å²) in [6.07, 6.45) is 28.3. The van der Waals surface area contributed by atoms with E-state index in [4.69, 9.17) is 9.47 Å². The van der Waals surface area contributed by atoms with Gasteiger partial charge in [-0.2, -0.15) is 5.26 Å². The Bertz CT molecular complexity index is 1450. The molecule has 0 spiro atoms. The van der Waals surface area contributed by atoms with Gasteiger partial charge in [-0.1, -0.05) is 230 Å². The van der Waals surface area contributed by atoms with Gasteiger partial charge in [0.1, 0.15) is 18.2 Å². The first-order chi connectivity index (χ1) is 28.0. The fraction of sp³-hybridized carbons (Fsp3) is 0.647. The summed E-state index contributed by atoms with van der Waals surface area (Å²) in [5.74, 6) is -3.81. The van der Waals surface area contributed by atoms with E-state index in [1.54, 1.807) is 20.8 Å². The van der Waals surface area contributed by atoms with E-state index >= 15 is 0 Å². The summed E-state index contributed by atoms with van der Waals surface area (Å²) in [4.78, 5) is 38.7. The zero-order chi connectivity index (χ0) is 42.4. The third kappa shape index (κ3) is 21.2. The maximum Gasteiger partial charge on any atom is 0.349 e. The number of aliphatic carboxylic acids is 1. The third-order valence-corrected chi connectivity index (χ3v) is 11.4. The van der Waals surface area contributed by atoms with E-state index in [1.807, 2.05) is 60.7 Å². The number of hydrogen-bond acceptors (Lipinski definition) is 6. The van der Waals surface area contributed by atoms with Gasteiger partial charge in [0, 0.05) is 11.0 Å². The molecule has 0 fully saturated rings. The minimum Gasteiger partial charge on any atom is -0.481 e. The number of carboxylic acids is 1. The molecule has 0 radical (unpaired) electrons. The lowest BCUT2D eigenvalue weighted by molar-refractivity contribution is -0.161. The average molecular weight is 800 g/mol. The molecule has 0 aliphatic rings. The third-order valence-electron chi connectivity index (χ3n) is 11.4. The van der Waals surface area contributed by atoms with Crippen LogP contribution in [0.15, 0.2) is 66.2 Å². The quantitative estimate of drug-likeness (QED) is 0.0331. The summed E-state index contributed by atoms with van der Waals surface area (Å²) in [6, 6.07) is 20.5. The number of rotatable bonds is 33. The molecule has 7 nitrogen and oxygen atoms in total. The first-order valence-electron chi connectivity index (χ1n) is 22.8. The van der Waals surface area contributed by atoms with Gasteiger partial charge in [-0.3, -0.25) is 9.59 Å². The van der Waals surface area contributed by atoms with Crippen molar-refractivity contribution in [3.05, 3.63) is 77.4 Å². The van der Waals surface area contributed by atoms with Gasteiger partial charge in [-0.05, 0) is 23.5 Å². The molecule has 0 bridgehead atoms. The SMILES string of the molecule is CCCCCCCCCCCCCCCCCCCCCCC(C)CC(C(=O)OCC(C)(C)COC(=O)C(C#N)=C(c1ccccc1)c1ccccc1)C(C)C(=O)O. The van der Waals surface area contributed by atoms with Crippen molar-refractivity contribution in [3.63, 3.8) is 0 Å². The highest BCUT2D eigenvalue weighted by molar-refractivity contribution is 6.05. The first-order valence-corrected chi connectivity index (χ1v) is 22.8. The van der Waals surface area contributed by atoms with Crippen LogP contribution in [0.4, 0.5) is 0 Å². The van der Waals surface area contributed by atoms with Crippen molar-refractivity contribution in [2.75, 3.05) is 13.2 Å². The monoisotopic (exact) mass is 800 g/mol. The molecular formula is C51H77NO6. The second kappa shape index (κ2) is 30.2. The summed E-state index contributed by atoms with van der Waals surface area (Å²) in [5.41, 5.74) is 1.02. The number of unbranched alkanes of at least 4 members (excludes halogenated alkanes) is 19. The van der Waals surface area contributed by atoms with Crippen LogP contribution < -0.4 is 0 Å². The van der Waals surface area contributed by atoms with Gasteiger partial charge in [0.15, 0.2) is 0 Å². The summed E-state index contributed by atoms with van der Waals surface area (Å²) < 4.78 is 11.4. The van der Waals surface area contributed by atoms with Gasteiger partial charge < -0.3 is 14.6 Å². The number of ether oxygens (including phenoxy) is 2. The van der Waals surface area contributed by atoms with Crippen molar-refractivity contribution in [3.8, 4) is 6.07 Å². The minimum atomic E-state index is -1.02. The lowest BCUT2D eigenvalue weighted by atomic mass is 9.84. The van der Waals surface area contributed by atoms with Crippen molar-refractivity contribution in [1.82, 2.24) is 0 Å². The van der Waals surface area contributed by atoms with Gasteiger partial charge >= 0.3 is 17.9 Å². The van der Waals surface area contributed by atoms with Crippen molar-refractivity contribution < 1.29 is 29.0 Å². The molecule has 58 heavy (non-hydrogen) atoms. The number of benzene rings is 2. The number of esters is 2. The van der Waals surface area contributed by atoms with Gasteiger partial charge in [0.25, 0.3) is 0 Å². The highest BCUT2D eigenvalue weighted by Crippen LogP contribution is 2.30. The van der Waals surface area contributed by atoms with Crippen LogP contribution in [0.5, 0.6) is 0 Å². The van der Waals surface area contributed by atoms with Crippen LogP contribution in [0.1, 0.15) is 187 Å². The Morgan fingerprint density at radius 3 is 1.43 bits per heavy atom. The Morgan fingerprint density at radius 2 is 1.03 bits per heavy atom. The maximum absolute atomic E-state index is 13.4. The summed E-state index contributed by atoms with van der Waals surface area (Å²) in [6.45, 7) is 9.38. The van der Waals surface area contributed by atoms with Gasteiger partial charge in [-0.15, -0.1) is 0 Å². The van der Waals surface area contributed by atoms with Crippen LogP contribution in [0.25, 0.3) is 5.57 Å². The lowest BCUT2D eigenvalue weighted by Gasteiger charge is -2.27. The topological polar surface area (TPSA) is 114 Å². The molecule has 0 aliphatic carbocycles. The lowest BCUT2D eigenvalue weighted by Crippen LogP contribution is -2.34. The van der Waals surface area contributed by atoms with Crippen molar-refractivity contribution >= 4 is 23.5 Å². The van der Waals surface area contributed by atoms with E-state index < -0.39 is 35.2 Å². The molecule has 2 aromatic carbocycles. The zero-order valence-electron chi connectivity index (χ0n) is 36.9. The van der Waals surface area contributed by atoms with E-state index in [0.29, 0.717) is 23.1 Å². The largest absolute Gasteiger partial charge is 0.481 e. The molecule has 0 saturated heterocycles. The van der Waals surface area contributed by atoms with Crippen molar-refractivity contribution in [2.45, 2.75) is 176 Å². The van der Waals surface area contributed by atoms with Gasteiger partial charge in [-0.25, -0.2) is 4.79 Å². The Kier molecular flexibility index (Phi) is 26.1.